The number of nitrogens with zero attached hydrogens (tertiary/aromatic N) is 3. The van der Waals surface area contributed by atoms with Crippen molar-refractivity contribution in [3.8, 4) is 0 Å². The average molecular weight is 265 g/mol. The minimum absolute atomic E-state index is 0.203. The van der Waals surface area contributed by atoms with Crippen molar-refractivity contribution in [1.82, 2.24) is 14.8 Å². The highest BCUT2D eigenvalue weighted by atomic mass is 16.3. The highest BCUT2D eigenvalue weighted by molar-refractivity contribution is 5.01. The van der Waals surface area contributed by atoms with E-state index < -0.39 is 5.60 Å². The molecule has 0 aliphatic heterocycles. The summed E-state index contributed by atoms with van der Waals surface area (Å²) in [6, 6.07) is 0.287. The summed E-state index contributed by atoms with van der Waals surface area (Å²) in [5, 5.41) is 15.2. The van der Waals surface area contributed by atoms with Crippen LogP contribution in [-0.2, 0) is 6.42 Å². The van der Waals surface area contributed by atoms with E-state index in [1.165, 1.54) is 6.42 Å². The van der Waals surface area contributed by atoms with Gasteiger partial charge in [-0.15, -0.1) is 0 Å². The highest BCUT2D eigenvalue weighted by Crippen LogP contribution is 2.45. The van der Waals surface area contributed by atoms with E-state index >= 15 is 0 Å². The van der Waals surface area contributed by atoms with Crippen molar-refractivity contribution in [2.45, 2.75) is 71.9 Å². The first-order valence-electron chi connectivity index (χ1n) is 7.32. The SMILES string of the molecule is CC1CC(C)(C)CC(O)(Cc2ncnn2C(C)C)C1. The molecule has 19 heavy (non-hydrogen) atoms. The maximum absolute atomic E-state index is 11.0. The lowest BCUT2D eigenvalue weighted by atomic mass is 9.65. The molecule has 1 aliphatic rings. The van der Waals surface area contributed by atoms with Gasteiger partial charge >= 0.3 is 0 Å². The van der Waals surface area contributed by atoms with Crippen molar-refractivity contribution in [3.05, 3.63) is 12.2 Å². The van der Waals surface area contributed by atoms with E-state index in [0.29, 0.717) is 12.3 Å². The molecule has 1 aromatic heterocycles. The molecule has 0 aromatic carbocycles. The third kappa shape index (κ3) is 3.35. The fourth-order valence-electron chi connectivity index (χ4n) is 3.96. The molecule has 2 unspecified atom stereocenters. The van der Waals surface area contributed by atoms with Gasteiger partial charge in [0.15, 0.2) is 0 Å². The molecule has 0 amide bonds. The summed E-state index contributed by atoms with van der Waals surface area (Å²) in [6.45, 7) is 10.9. The summed E-state index contributed by atoms with van der Waals surface area (Å²) in [7, 11) is 0. The lowest BCUT2D eigenvalue weighted by Gasteiger charge is -2.44. The van der Waals surface area contributed by atoms with Crippen molar-refractivity contribution in [3.63, 3.8) is 0 Å². The van der Waals surface area contributed by atoms with E-state index in [4.69, 9.17) is 0 Å². The summed E-state index contributed by atoms with van der Waals surface area (Å²) >= 11 is 0. The maximum Gasteiger partial charge on any atom is 0.138 e. The van der Waals surface area contributed by atoms with E-state index in [-0.39, 0.29) is 11.5 Å². The monoisotopic (exact) mass is 265 g/mol. The number of rotatable bonds is 3. The molecule has 1 aromatic rings. The van der Waals surface area contributed by atoms with Gasteiger partial charge in [-0.3, -0.25) is 0 Å². The maximum atomic E-state index is 11.0. The predicted molar refractivity (Wildman–Crippen MR) is 75.9 cm³/mol. The van der Waals surface area contributed by atoms with Gasteiger partial charge in [0.25, 0.3) is 0 Å². The second-order valence-corrected chi connectivity index (χ2v) is 7.47. The van der Waals surface area contributed by atoms with Crippen molar-refractivity contribution in [2.24, 2.45) is 11.3 Å². The van der Waals surface area contributed by atoms with Gasteiger partial charge in [-0.1, -0.05) is 20.8 Å². The Morgan fingerprint density at radius 1 is 1.42 bits per heavy atom. The summed E-state index contributed by atoms with van der Waals surface area (Å²) in [5.41, 5.74) is -0.435. The Morgan fingerprint density at radius 2 is 2.11 bits per heavy atom. The third-order valence-electron chi connectivity index (χ3n) is 4.06. The molecule has 0 bridgehead atoms. The first kappa shape index (κ1) is 14.5. The Bertz CT molecular complexity index is 438. The summed E-state index contributed by atoms with van der Waals surface area (Å²) in [5.74, 6) is 1.46. The van der Waals surface area contributed by atoms with Crippen molar-refractivity contribution < 1.29 is 5.11 Å². The Labute approximate surface area is 116 Å². The number of aromatic nitrogens is 3. The van der Waals surface area contributed by atoms with Gasteiger partial charge in [0.1, 0.15) is 12.2 Å². The summed E-state index contributed by atoms with van der Waals surface area (Å²) in [4.78, 5) is 4.34. The molecule has 2 atom stereocenters. The molecular weight excluding hydrogens is 238 g/mol. The van der Waals surface area contributed by atoms with Crippen molar-refractivity contribution >= 4 is 0 Å². The molecule has 4 heteroatoms. The zero-order chi connectivity index (χ0) is 14.3. The van der Waals surface area contributed by atoms with Gasteiger partial charge in [-0.05, 0) is 44.4 Å². The van der Waals surface area contributed by atoms with Crippen LogP contribution in [0.3, 0.4) is 0 Å². The van der Waals surface area contributed by atoms with E-state index in [9.17, 15) is 5.11 Å². The smallest absolute Gasteiger partial charge is 0.138 e. The zero-order valence-corrected chi connectivity index (χ0v) is 12.8. The van der Waals surface area contributed by atoms with Crippen LogP contribution < -0.4 is 0 Å². The van der Waals surface area contributed by atoms with E-state index in [1.54, 1.807) is 6.33 Å². The van der Waals surface area contributed by atoms with Crippen LogP contribution >= 0.6 is 0 Å². The predicted octanol–water partition coefficient (Wildman–Crippen LogP) is 2.98. The first-order chi connectivity index (χ1) is 8.71. The molecule has 1 fully saturated rings. The standard InChI is InChI=1S/C15H27N3O/c1-11(2)18-13(16-10-17-18)8-15(19)7-12(3)6-14(4,5)9-15/h10-12,19H,6-9H2,1-5H3. The largest absolute Gasteiger partial charge is 0.389 e. The van der Waals surface area contributed by atoms with E-state index in [2.05, 4.69) is 44.7 Å². The zero-order valence-electron chi connectivity index (χ0n) is 12.8. The molecular formula is C15H27N3O. The molecule has 108 valence electrons. The molecule has 2 rings (SSSR count). The van der Waals surface area contributed by atoms with E-state index in [1.807, 2.05) is 4.68 Å². The first-order valence-corrected chi connectivity index (χ1v) is 7.32. The van der Waals surface area contributed by atoms with Gasteiger partial charge in [0.05, 0.1) is 5.60 Å². The molecule has 0 radical (unpaired) electrons. The van der Waals surface area contributed by atoms with Gasteiger partial charge in [0.2, 0.25) is 0 Å². The number of hydrogen-bond donors (Lipinski definition) is 1. The van der Waals surface area contributed by atoms with Gasteiger partial charge in [0, 0.05) is 12.5 Å². The number of hydrogen-bond acceptors (Lipinski definition) is 3. The van der Waals surface area contributed by atoms with E-state index in [0.717, 1.165) is 18.7 Å². The van der Waals surface area contributed by atoms with Crippen LogP contribution in [0.5, 0.6) is 0 Å². The Morgan fingerprint density at radius 3 is 2.68 bits per heavy atom. The van der Waals surface area contributed by atoms with Gasteiger partial charge in [-0.25, -0.2) is 9.67 Å². The van der Waals surface area contributed by atoms with Gasteiger partial charge in [-0.2, -0.15) is 5.10 Å². The third-order valence-corrected chi connectivity index (χ3v) is 4.06. The molecule has 1 aliphatic carbocycles. The second kappa shape index (κ2) is 4.89. The molecule has 0 saturated heterocycles. The Kier molecular flexibility index (Phi) is 3.74. The number of aliphatic hydroxyl groups is 1. The lowest BCUT2D eigenvalue weighted by molar-refractivity contribution is -0.0593. The molecule has 1 heterocycles. The lowest BCUT2D eigenvalue weighted by Crippen LogP contribution is -2.44. The van der Waals surface area contributed by atoms with Crippen LogP contribution in [0.4, 0.5) is 0 Å². The fraction of sp³-hybridized carbons (Fsp3) is 0.867. The van der Waals surface area contributed by atoms with Crippen LogP contribution in [0.1, 0.15) is 65.7 Å². The Hall–Kier alpha value is -0.900. The topological polar surface area (TPSA) is 50.9 Å². The molecule has 1 saturated carbocycles. The molecule has 1 N–H and O–H groups in total. The van der Waals surface area contributed by atoms with Crippen LogP contribution in [-0.4, -0.2) is 25.5 Å². The minimum Gasteiger partial charge on any atom is -0.389 e. The van der Waals surface area contributed by atoms with Crippen LogP contribution in [0, 0.1) is 11.3 Å². The normalized spacial score (nSPS) is 30.8. The van der Waals surface area contributed by atoms with Crippen LogP contribution in [0.2, 0.25) is 0 Å². The van der Waals surface area contributed by atoms with Crippen LogP contribution in [0.15, 0.2) is 6.33 Å². The molecule has 0 spiro atoms. The minimum atomic E-state index is -0.638. The highest BCUT2D eigenvalue weighted by Gasteiger charge is 2.42. The fourth-order valence-corrected chi connectivity index (χ4v) is 3.96. The average Bonchev–Trinajstić information content (AvgIpc) is 2.60. The molecule has 4 nitrogen and oxygen atoms in total. The second-order valence-electron chi connectivity index (χ2n) is 7.47. The summed E-state index contributed by atoms with van der Waals surface area (Å²) in [6.07, 6.45) is 5.10. The Balaban J connectivity index is 2.19. The quantitative estimate of drug-likeness (QED) is 0.914. The van der Waals surface area contributed by atoms with Gasteiger partial charge < -0.3 is 5.11 Å². The summed E-state index contributed by atoms with van der Waals surface area (Å²) < 4.78 is 1.92. The van der Waals surface area contributed by atoms with Crippen LogP contribution in [0.25, 0.3) is 0 Å². The van der Waals surface area contributed by atoms with Crippen molar-refractivity contribution in [2.75, 3.05) is 0 Å². The van der Waals surface area contributed by atoms with Crippen molar-refractivity contribution in [1.29, 1.82) is 0 Å².